The minimum Gasteiger partial charge on any atom is -0.463 e. The van der Waals surface area contributed by atoms with Crippen molar-refractivity contribution < 1.29 is 122 Å². The molecule has 20 atom stereocenters. The van der Waals surface area contributed by atoms with Crippen LogP contribution >= 0.6 is 7.82 Å². The number of hydrogen-bond donors (Lipinski definition) is 10. The summed E-state index contributed by atoms with van der Waals surface area (Å²) in [5.41, 5.74) is 0. The van der Waals surface area contributed by atoms with Crippen LogP contribution in [0.4, 0.5) is 0 Å². The van der Waals surface area contributed by atoms with Crippen molar-refractivity contribution in [1.29, 1.82) is 0 Å². The van der Waals surface area contributed by atoms with Gasteiger partial charge >= 0.3 is 31.7 Å². The van der Waals surface area contributed by atoms with Gasteiger partial charge in [0.15, 0.2) is 24.8 Å². The number of esters is 4. The molecule has 3 aliphatic rings. The van der Waals surface area contributed by atoms with E-state index in [0.29, 0.717) is 43.9 Å². The van der Waals surface area contributed by atoms with Crippen molar-refractivity contribution in [2.45, 2.75) is 550 Å². The molecule has 0 radical (unpaired) electrons. The Morgan fingerprint density at radius 1 is 0.320 bits per heavy atom. The van der Waals surface area contributed by atoms with E-state index in [2.05, 4.69) is 41.5 Å². The zero-order chi connectivity index (χ0) is 89.2. The van der Waals surface area contributed by atoms with Gasteiger partial charge in [-0.05, 0) is 37.5 Å². The molecule has 0 amide bonds. The average molecular weight is 1770 g/mol. The van der Waals surface area contributed by atoms with Gasteiger partial charge in [-0.25, -0.2) is 4.57 Å². The van der Waals surface area contributed by atoms with Crippen molar-refractivity contribution in [3.63, 3.8) is 0 Å². The molecule has 1 saturated carbocycles. The lowest BCUT2D eigenvalue weighted by Crippen LogP contribution is -2.70. The zero-order valence-electron chi connectivity index (χ0n) is 77.4. The molecule has 0 bridgehead atoms. The first-order valence-electron chi connectivity index (χ1n) is 50.1. The third-order valence-electron chi connectivity index (χ3n) is 25.2. The number of carbonyl (C=O) groups excluding carboxylic acids is 4. The summed E-state index contributed by atoms with van der Waals surface area (Å²) in [6, 6.07) is 0. The molecule has 2 heterocycles. The molecule has 2 saturated heterocycles. The maximum absolute atomic E-state index is 15.0. The molecule has 25 nitrogen and oxygen atoms in total. The minimum absolute atomic E-state index is 0.0195. The van der Waals surface area contributed by atoms with Crippen LogP contribution in [-0.2, 0) is 70.7 Å². The Kier molecular flexibility index (Phi) is 68.2. The van der Waals surface area contributed by atoms with Crippen LogP contribution in [0.25, 0.3) is 0 Å². The van der Waals surface area contributed by atoms with Gasteiger partial charge in [-0.15, -0.1) is 0 Å². The Morgan fingerprint density at radius 2 is 0.615 bits per heavy atom. The van der Waals surface area contributed by atoms with Gasteiger partial charge in [0.25, 0.3) is 0 Å². The summed E-state index contributed by atoms with van der Waals surface area (Å²) in [6.07, 6.45) is 29.3. The number of rotatable bonds is 81. The summed E-state index contributed by atoms with van der Waals surface area (Å²) in [5.74, 6) is -1.64. The molecule has 0 aromatic rings. The van der Waals surface area contributed by atoms with E-state index in [1.807, 2.05) is 0 Å². The second kappa shape index (κ2) is 73.2. The molecule has 2 aliphatic heterocycles. The summed E-state index contributed by atoms with van der Waals surface area (Å²) in [6.45, 7) is 10.3. The monoisotopic (exact) mass is 1770 g/mol. The van der Waals surface area contributed by atoms with Crippen LogP contribution in [0.3, 0.4) is 0 Å². The van der Waals surface area contributed by atoms with Gasteiger partial charge in [0.2, 0.25) is 0 Å². The van der Waals surface area contributed by atoms with Crippen LogP contribution in [0.15, 0.2) is 0 Å². The predicted molar refractivity (Wildman–Crippen MR) is 476 cm³/mol. The first kappa shape index (κ1) is 114. The van der Waals surface area contributed by atoms with Gasteiger partial charge in [-0.3, -0.25) is 28.2 Å². The van der Waals surface area contributed by atoms with Crippen LogP contribution in [0, 0.1) is 11.8 Å². The summed E-state index contributed by atoms with van der Waals surface area (Å²) < 4.78 is 73.7. The Morgan fingerprint density at radius 3 is 0.975 bits per heavy atom. The summed E-state index contributed by atoms with van der Waals surface area (Å²) >= 11 is 0. The molecule has 1 aliphatic carbocycles. The predicted octanol–water partition coefficient (Wildman–Crippen LogP) is 19.4. The summed E-state index contributed by atoms with van der Waals surface area (Å²) in [4.78, 5) is 66.8. The second-order valence-corrected chi connectivity index (χ2v) is 38.0. The minimum atomic E-state index is -5.81. The van der Waals surface area contributed by atoms with Crippen LogP contribution < -0.4 is 0 Å². The van der Waals surface area contributed by atoms with Gasteiger partial charge in [-0.1, -0.05) is 395 Å². The SMILES string of the molecule is CCCCCCCCCCCCCCCCCCC(=O)OCC1OC(OC2C(OC(=O)CCCCCCCCC(C)CCCCCCCC)C(O)C(O)C(OC3OC(CO)C(O)C(O)C3O)C2OP(=O)(O)OCC(COC(=O)CCCCCCCCCCCCCCCCC)OC(=O)CCCCCCCCC(C)CCCCCCCC)C(O)C(O)C1O. The van der Waals surface area contributed by atoms with E-state index in [-0.39, 0.29) is 25.7 Å². The Bertz CT molecular complexity index is 2560. The number of ether oxygens (including phenoxy) is 8. The maximum atomic E-state index is 15.0. The largest absolute Gasteiger partial charge is 0.472 e. The Balaban J connectivity index is 1.91. The number of aliphatic hydroxyl groups excluding tert-OH is 9. The first-order valence-corrected chi connectivity index (χ1v) is 51.5. The molecular weight excluding hydrogens is 1580 g/mol. The number of unbranched alkanes of at least 4 members (excludes halogenated alkanes) is 49. The van der Waals surface area contributed by atoms with Gasteiger partial charge in [0.05, 0.1) is 13.2 Å². The smallest absolute Gasteiger partial charge is 0.463 e. The number of phosphoric ester groups is 1. The van der Waals surface area contributed by atoms with Gasteiger partial charge in [0.1, 0.15) is 92.6 Å². The van der Waals surface area contributed by atoms with Crippen molar-refractivity contribution >= 4 is 31.7 Å². The molecule has 26 heteroatoms. The normalized spacial score (nSPS) is 25.0. The Hall–Kier alpha value is -2.53. The molecule has 122 heavy (non-hydrogen) atoms. The van der Waals surface area contributed by atoms with E-state index in [1.54, 1.807) is 0 Å². The number of phosphoric acid groups is 1. The molecule has 0 spiro atoms. The molecule has 3 fully saturated rings. The van der Waals surface area contributed by atoms with E-state index >= 15 is 0 Å². The zero-order valence-corrected chi connectivity index (χ0v) is 78.3. The van der Waals surface area contributed by atoms with Gasteiger partial charge in [0, 0.05) is 25.7 Å². The fraction of sp³-hybridized carbons (Fsp3) is 0.958. The molecule has 720 valence electrons. The van der Waals surface area contributed by atoms with Crippen LogP contribution in [-0.4, -0.2) is 205 Å². The van der Waals surface area contributed by atoms with E-state index in [9.17, 15) is 74.6 Å². The van der Waals surface area contributed by atoms with Crippen molar-refractivity contribution in [2.75, 3.05) is 26.4 Å². The van der Waals surface area contributed by atoms with E-state index in [1.165, 1.54) is 218 Å². The van der Waals surface area contributed by atoms with Crippen LogP contribution in [0.1, 0.15) is 446 Å². The lowest BCUT2D eigenvalue weighted by Gasteiger charge is -2.50. The first-order chi connectivity index (χ1) is 59.0. The third kappa shape index (κ3) is 53.0. The van der Waals surface area contributed by atoms with Crippen LogP contribution in [0.5, 0.6) is 0 Å². The standard InChI is InChI=1S/C96H181O25P/c1-7-11-15-19-23-25-27-29-31-33-35-37-39-41-51-59-67-80(99)113-73-78-84(103)86(105)90(109)96(117-78)120-93-91(118-82(101)69-61-53-45-43-49-57-65-75(6)63-55-47-22-18-14-10-4)87(106)88(107)92(119-95-89(108)85(104)83(102)77(70-97)116-95)94(93)121-122(110,111)114-72-76(71-112-79(98)66-58-50-40-38-36-34-32-30-28-26-24-20-16-12-8-2)115-81(100)68-60-52-44-42-48-56-64-74(5)62-54-46-21-17-13-9-3/h74-78,83-97,102-109H,7-73H2,1-6H3,(H,110,111). The van der Waals surface area contributed by atoms with Gasteiger partial charge < -0.3 is 88.7 Å². The van der Waals surface area contributed by atoms with Crippen molar-refractivity contribution in [1.82, 2.24) is 0 Å². The van der Waals surface area contributed by atoms with Crippen molar-refractivity contribution in [2.24, 2.45) is 11.8 Å². The number of hydrogen-bond acceptors (Lipinski definition) is 24. The van der Waals surface area contributed by atoms with Crippen molar-refractivity contribution in [3.8, 4) is 0 Å². The van der Waals surface area contributed by atoms with Gasteiger partial charge in [-0.2, -0.15) is 0 Å². The molecule has 0 aromatic heterocycles. The highest BCUT2D eigenvalue weighted by molar-refractivity contribution is 7.47. The molecular formula is C96H181O25P. The highest BCUT2D eigenvalue weighted by atomic mass is 31.2. The highest BCUT2D eigenvalue weighted by Crippen LogP contribution is 2.49. The third-order valence-corrected chi connectivity index (χ3v) is 26.1. The summed E-state index contributed by atoms with van der Waals surface area (Å²) in [7, 11) is -5.81. The van der Waals surface area contributed by atoms with E-state index in [4.69, 9.17) is 46.9 Å². The number of carbonyl (C=O) groups is 4. The molecule has 20 unspecified atom stereocenters. The average Bonchev–Trinajstić information content (AvgIpc) is 0.753. The van der Waals surface area contributed by atoms with E-state index < -0.39 is 162 Å². The number of aliphatic hydroxyl groups is 9. The fourth-order valence-corrected chi connectivity index (χ4v) is 18.0. The molecule has 3 rings (SSSR count). The lowest BCUT2D eigenvalue weighted by molar-refractivity contribution is -0.360. The fourth-order valence-electron chi connectivity index (χ4n) is 17.0. The Labute approximate surface area is 738 Å². The van der Waals surface area contributed by atoms with Crippen LogP contribution in [0.2, 0.25) is 0 Å². The lowest BCUT2D eigenvalue weighted by atomic mass is 9.84. The van der Waals surface area contributed by atoms with Crippen molar-refractivity contribution in [3.05, 3.63) is 0 Å². The second-order valence-electron chi connectivity index (χ2n) is 36.6. The molecule has 10 N–H and O–H groups in total. The summed E-state index contributed by atoms with van der Waals surface area (Å²) in [5, 5.41) is 103. The topological polar surface area (TPSA) is 380 Å². The van der Waals surface area contributed by atoms with E-state index in [0.717, 1.165) is 128 Å². The molecule has 0 aromatic carbocycles. The highest BCUT2D eigenvalue weighted by Gasteiger charge is 2.60. The maximum Gasteiger partial charge on any atom is 0.472 e. The quantitative estimate of drug-likeness (QED) is 0.0117.